The Balaban J connectivity index is 2.08. The molecule has 0 spiro atoms. The van der Waals surface area contributed by atoms with Crippen molar-refractivity contribution >= 4 is 27.3 Å². The second-order valence-electron chi connectivity index (χ2n) is 4.83. The van der Waals surface area contributed by atoms with E-state index in [9.17, 15) is 0 Å². The van der Waals surface area contributed by atoms with Crippen LogP contribution in [-0.4, -0.2) is 6.04 Å². The van der Waals surface area contributed by atoms with Gasteiger partial charge in [0.25, 0.3) is 0 Å². The summed E-state index contributed by atoms with van der Waals surface area (Å²) in [5.74, 6) is 0. The average Bonchev–Trinajstić information content (AvgIpc) is 2.74. The summed E-state index contributed by atoms with van der Waals surface area (Å²) in [6, 6.07) is 17.0. The van der Waals surface area contributed by atoms with Crippen LogP contribution in [0.15, 0.2) is 46.9 Å². The Morgan fingerprint density at radius 2 is 2.05 bits per heavy atom. The van der Waals surface area contributed by atoms with Crippen molar-refractivity contribution in [3.63, 3.8) is 0 Å². The molecule has 2 nitrogen and oxygen atoms in total. The normalized spacial score (nSPS) is 17.1. The van der Waals surface area contributed by atoms with Gasteiger partial charge in [0.05, 0.1) is 5.56 Å². The van der Waals surface area contributed by atoms with Crippen molar-refractivity contribution in [3.05, 3.63) is 58.1 Å². The molecule has 0 aromatic heterocycles. The molecule has 0 N–H and O–H groups in total. The Morgan fingerprint density at radius 1 is 1.26 bits per heavy atom. The zero-order valence-corrected chi connectivity index (χ0v) is 12.2. The maximum Gasteiger partial charge on any atom is 0.100 e. The molecule has 0 fully saturated rings. The Kier molecular flexibility index (Phi) is 3.04. The van der Waals surface area contributed by atoms with Crippen LogP contribution in [0.1, 0.15) is 18.1 Å². The molecule has 1 heterocycles. The highest BCUT2D eigenvalue weighted by molar-refractivity contribution is 9.10. The molecule has 3 heteroatoms. The molecule has 0 amide bonds. The van der Waals surface area contributed by atoms with Gasteiger partial charge in [-0.05, 0) is 59.1 Å². The van der Waals surface area contributed by atoms with Crippen molar-refractivity contribution in [2.75, 3.05) is 4.90 Å². The molecule has 0 aliphatic carbocycles. The lowest BCUT2D eigenvalue weighted by molar-refractivity contribution is 0.759. The first-order chi connectivity index (χ1) is 9.20. The SMILES string of the molecule is CC1Cc2ccccc2N1c1ccc(C#N)c(Br)c1. The molecule has 1 aliphatic rings. The molecule has 0 saturated carbocycles. The van der Waals surface area contributed by atoms with Crippen LogP contribution in [0.4, 0.5) is 11.4 Å². The van der Waals surface area contributed by atoms with E-state index < -0.39 is 0 Å². The van der Waals surface area contributed by atoms with Gasteiger partial charge < -0.3 is 4.90 Å². The van der Waals surface area contributed by atoms with Crippen LogP contribution >= 0.6 is 15.9 Å². The number of nitrogens with zero attached hydrogens (tertiary/aromatic N) is 2. The molecule has 3 rings (SSSR count). The number of nitriles is 1. The smallest absolute Gasteiger partial charge is 0.100 e. The first kappa shape index (κ1) is 12.3. The number of anilines is 2. The Bertz CT molecular complexity index is 673. The second-order valence-corrected chi connectivity index (χ2v) is 5.68. The standard InChI is InChI=1S/C16H13BrN2/c1-11-8-12-4-2-3-5-16(12)19(11)14-7-6-13(10-18)15(17)9-14/h2-7,9,11H,8H2,1H3. The lowest BCUT2D eigenvalue weighted by Gasteiger charge is -2.25. The van der Waals surface area contributed by atoms with Crippen LogP contribution in [0.5, 0.6) is 0 Å². The van der Waals surface area contributed by atoms with Crippen LogP contribution in [0, 0.1) is 11.3 Å². The number of hydrogen-bond donors (Lipinski definition) is 0. The zero-order chi connectivity index (χ0) is 13.4. The van der Waals surface area contributed by atoms with Crippen molar-refractivity contribution in [2.45, 2.75) is 19.4 Å². The van der Waals surface area contributed by atoms with Gasteiger partial charge >= 0.3 is 0 Å². The largest absolute Gasteiger partial charge is 0.338 e. The molecule has 0 saturated heterocycles. The molecule has 0 radical (unpaired) electrons. The Labute approximate surface area is 121 Å². The summed E-state index contributed by atoms with van der Waals surface area (Å²) in [5.41, 5.74) is 4.45. The topological polar surface area (TPSA) is 27.0 Å². The van der Waals surface area contributed by atoms with Gasteiger partial charge in [0.15, 0.2) is 0 Å². The molecule has 94 valence electrons. The van der Waals surface area contributed by atoms with Crippen LogP contribution in [0.2, 0.25) is 0 Å². The van der Waals surface area contributed by atoms with E-state index in [1.165, 1.54) is 11.3 Å². The average molecular weight is 313 g/mol. The van der Waals surface area contributed by atoms with Gasteiger partial charge in [-0.2, -0.15) is 5.26 Å². The minimum absolute atomic E-state index is 0.442. The minimum atomic E-state index is 0.442. The van der Waals surface area contributed by atoms with E-state index >= 15 is 0 Å². The highest BCUT2D eigenvalue weighted by Gasteiger charge is 2.26. The summed E-state index contributed by atoms with van der Waals surface area (Å²) in [7, 11) is 0. The van der Waals surface area contributed by atoms with E-state index in [0.29, 0.717) is 11.6 Å². The molecule has 2 aromatic rings. The fourth-order valence-corrected chi connectivity index (χ4v) is 3.16. The van der Waals surface area contributed by atoms with E-state index in [-0.39, 0.29) is 0 Å². The molecule has 19 heavy (non-hydrogen) atoms. The molecule has 1 aliphatic heterocycles. The van der Waals surface area contributed by atoms with E-state index in [0.717, 1.165) is 16.6 Å². The van der Waals surface area contributed by atoms with E-state index in [1.807, 2.05) is 18.2 Å². The number of halogens is 1. The van der Waals surface area contributed by atoms with Gasteiger partial charge in [-0.25, -0.2) is 0 Å². The van der Waals surface area contributed by atoms with Crippen molar-refractivity contribution < 1.29 is 0 Å². The molecule has 1 atom stereocenters. The molecule has 1 unspecified atom stereocenters. The van der Waals surface area contributed by atoms with Gasteiger partial charge in [-0.1, -0.05) is 18.2 Å². The summed E-state index contributed by atoms with van der Waals surface area (Å²) in [4.78, 5) is 2.33. The van der Waals surface area contributed by atoms with Crippen molar-refractivity contribution in [2.24, 2.45) is 0 Å². The number of hydrogen-bond acceptors (Lipinski definition) is 2. The summed E-state index contributed by atoms with van der Waals surface area (Å²) in [6.07, 6.45) is 1.06. The monoisotopic (exact) mass is 312 g/mol. The van der Waals surface area contributed by atoms with E-state index in [1.54, 1.807) is 0 Å². The minimum Gasteiger partial charge on any atom is -0.338 e. The maximum absolute atomic E-state index is 8.99. The second kappa shape index (κ2) is 4.71. The lowest BCUT2D eigenvalue weighted by atomic mass is 10.1. The van der Waals surface area contributed by atoms with Crippen molar-refractivity contribution in [1.82, 2.24) is 0 Å². The van der Waals surface area contributed by atoms with Crippen molar-refractivity contribution in [3.8, 4) is 6.07 Å². The van der Waals surface area contributed by atoms with Gasteiger partial charge in [-0.15, -0.1) is 0 Å². The fourth-order valence-electron chi connectivity index (χ4n) is 2.70. The Hall–Kier alpha value is -1.79. The lowest BCUT2D eigenvalue weighted by Crippen LogP contribution is -2.23. The van der Waals surface area contributed by atoms with Gasteiger partial charge in [0.2, 0.25) is 0 Å². The van der Waals surface area contributed by atoms with Crippen LogP contribution in [0.3, 0.4) is 0 Å². The molecule has 0 bridgehead atoms. The summed E-state index contributed by atoms with van der Waals surface area (Å²) < 4.78 is 0.851. The quantitative estimate of drug-likeness (QED) is 0.780. The molecular formula is C16H13BrN2. The maximum atomic E-state index is 8.99. The highest BCUT2D eigenvalue weighted by Crippen LogP contribution is 2.39. The fraction of sp³-hybridized carbons (Fsp3) is 0.188. The first-order valence-corrected chi connectivity index (χ1v) is 7.07. The highest BCUT2D eigenvalue weighted by atomic mass is 79.9. The van der Waals surface area contributed by atoms with Crippen LogP contribution < -0.4 is 4.90 Å². The summed E-state index contributed by atoms with van der Waals surface area (Å²) in [6.45, 7) is 2.23. The third-order valence-electron chi connectivity index (χ3n) is 3.56. The van der Waals surface area contributed by atoms with Crippen molar-refractivity contribution in [1.29, 1.82) is 5.26 Å². The summed E-state index contributed by atoms with van der Waals surface area (Å²) in [5, 5.41) is 8.99. The van der Waals surface area contributed by atoms with Gasteiger partial charge in [0.1, 0.15) is 6.07 Å². The van der Waals surface area contributed by atoms with Crippen LogP contribution in [0.25, 0.3) is 0 Å². The predicted molar refractivity (Wildman–Crippen MR) is 80.6 cm³/mol. The number of fused-ring (bicyclic) bond motifs is 1. The third kappa shape index (κ3) is 2.02. The summed E-state index contributed by atoms with van der Waals surface area (Å²) >= 11 is 3.47. The predicted octanol–water partition coefficient (Wildman–Crippen LogP) is 4.40. The Morgan fingerprint density at radius 3 is 2.79 bits per heavy atom. The van der Waals surface area contributed by atoms with Gasteiger partial charge in [0, 0.05) is 21.9 Å². The first-order valence-electron chi connectivity index (χ1n) is 6.27. The third-order valence-corrected chi connectivity index (χ3v) is 4.21. The van der Waals surface area contributed by atoms with E-state index in [2.05, 4.69) is 58.1 Å². The zero-order valence-electron chi connectivity index (χ0n) is 10.6. The number of rotatable bonds is 1. The van der Waals surface area contributed by atoms with Crippen LogP contribution in [-0.2, 0) is 6.42 Å². The van der Waals surface area contributed by atoms with Gasteiger partial charge in [-0.3, -0.25) is 0 Å². The van der Waals surface area contributed by atoms with E-state index in [4.69, 9.17) is 5.26 Å². The molecular weight excluding hydrogens is 300 g/mol. The number of benzene rings is 2. The molecule has 2 aromatic carbocycles. The number of para-hydroxylation sites is 1.